The van der Waals surface area contributed by atoms with Gasteiger partial charge in [-0.15, -0.1) is 0 Å². The molecule has 17 nitrogen and oxygen atoms in total. The number of ether oxygens (including phenoxy) is 1. The highest BCUT2D eigenvalue weighted by molar-refractivity contribution is 6.30. The van der Waals surface area contributed by atoms with Gasteiger partial charge in [-0.3, -0.25) is 19.2 Å². The summed E-state index contributed by atoms with van der Waals surface area (Å²) in [6.07, 6.45) is 26.4. The summed E-state index contributed by atoms with van der Waals surface area (Å²) in [4.78, 5) is 95.3. The van der Waals surface area contributed by atoms with E-state index in [9.17, 15) is 28.8 Å². The van der Waals surface area contributed by atoms with Crippen molar-refractivity contribution in [2.45, 2.75) is 167 Å². The molecule has 2 saturated heterocycles. The molecule has 5 N–H and O–H groups in total. The summed E-state index contributed by atoms with van der Waals surface area (Å²) in [7, 11) is 3.54. The van der Waals surface area contributed by atoms with E-state index >= 15 is 0 Å². The van der Waals surface area contributed by atoms with Gasteiger partial charge in [-0.05, 0) is 111 Å². The van der Waals surface area contributed by atoms with Crippen LogP contribution in [0.1, 0.15) is 152 Å². The number of benzene rings is 2. The molecule has 2 aliphatic heterocycles. The number of aromatic nitrogens is 4. The van der Waals surface area contributed by atoms with Gasteiger partial charge in [-0.2, -0.15) is 0 Å². The van der Waals surface area contributed by atoms with Crippen LogP contribution in [-0.2, 0) is 51.9 Å². The van der Waals surface area contributed by atoms with Crippen molar-refractivity contribution in [3.8, 4) is 5.75 Å². The van der Waals surface area contributed by atoms with Crippen LogP contribution in [0.2, 0.25) is 5.02 Å². The first-order valence-electron chi connectivity index (χ1n) is 29.8. The van der Waals surface area contributed by atoms with Gasteiger partial charge in [0.1, 0.15) is 29.4 Å². The third-order valence-corrected chi connectivity index (χ3v) is 18.0. The highest BCUT2D eigenvalue weighted by atomic mass is 35.5. The Kier molecular flexibility index (Phi) is 23.4. The topological polar surface area (TPSA) is 213 Å². The minimum Gasteiger partial charge on any atom is -0.497 e. The predicted molar refractivity (Wildman–Crippen MR) is 311 cm³/mol. The fourth-order valence-electron chi connectivity index (χ4n) is 13.1. The first kappa shape index (κ1) is 61.4. The van der Waals surface area contributed by atoms with Crippen molar-refractivity contribution < 1.29 is 33.5 Å². The van der Waals surface area contributed by atoms with Crippen LogP contribution < -0.4 is 26.0 Å². The molecule has 2 aromatic carbocycles. The maximum atomic E-state index is 13.9. The number of imidazole rings is 2. The molecule has 2 aromatic heterocycles. The van der Waals surface area contributed by atoms with E-state index in [0.29, 0.717) is 132 Å². The van der Waals surface area contributed by atoms with E-state index in [2.05, 4.69) is 50.1 Å². The summed E-state index contributed by atoms with van der Waals surface area (Å²) in [6, 6.07) is 12.7. The molecule has 2 saturated carbocycles. The number of likely N-dealkylation sites (tertiary alicyclic amines) is 2. The third kappa shape index (κ3) is 16.7. The van der Waals surface area contributed by atoms with Crippen LogP contribution in [0.3, 0.4) is 0 Å². The van der Waals surface area contributed by atoms with Gasteiger partial charge in [-0.25, -0.2) is 19.6 Å². The molecule has 0 radical (unpaired) electrons. The lowest BCUT2D eigenvalue weighted by atomic mass is 9.61. The third-order valence-electron chi connectivity index (χ3n) is 17.7. The number of amides is 6. The van der Waals surface area contributed by atoms with Gasteiger partial charge in [0.05, 0.1) is 25.5 Å². The Balaban J connectivity index is 0.000000231. The summed E-state index contributed by atoms with van der Waals surface area (Å²) < 4.78 is 7.20. The molecule has 4 aliphatic rings. The molecule has 6 amide bonds. The molecule has 436 valence electrons. The zero-order chi connectivity index (χ0) is 56.9. The number of H-pyrrole nitrogens is 1. The largest absolute Gasteiger partial charge is 0.497 e. The Morgan fingerprint density at radius 2 is 1.14 bits per heavy atom. The Bertz CT molecular complexity index is 2580. The molecular formula is C62H89ClN10O7. The number of halogens is 1. The second-order valence-electron chi connectivity index (χ2n) is 22.8. The number of nitrogens with one attached hydrogen (secondary N) is 5. The van der Waals surface area contributed by atoms with Gasteiger partial charge in [0.15, 0.2) is 0 Å². The van der Waals surface area contributed by atoms with Crippen LogP contribution >= 0.6 is 11.6 Å². The zero-order valence-electron chi connectivity index (χ0n) is 48.0. The molecule has 2 atom stereocenters. The fraction of sp³-hybridized carbons (Fsp3) is 0.613. The maximum absolute atomic E-state index is 13.9. The van der Waals surface area contributed by atoms with Crippen molar-refractivity contribution in [2.75, 3.05) is 46.4 Å². The maximum Gasteiger partial charge on any atom is 0.315 e. The number of rotatable bonds is 23. The summed E-state index contributed by atoms with van der Waals surface area (Å²) in [5.41, 5.74) is 3.11. The van der Waals surface area contributed by atoms with E-state index in [-0.39, 0.29) is 34.7 Å². The molecule has 4 heterocycles. The molecule has 0 bridgehead atoms. The number of piperidine rings is 2. The van der Waals surface area contributed by atoms with Gasteiger partial charge in [0, 0.05) is 119 Å². The second kappa shape index (κ2) is 30.5. The molecule has 0 unspecified atom stereocenters. The van der Waals surface area contributed by atoms with Crippen molar-refractivity contribution in [1.29, 1.82) is 0 Å². The monoisotopic (exact) mass is 1120 g/mol. The Morgan fingerprint density at radius 3 is 1.55 bits per heavy atom. The standard InChI is InChI=1S/C32H47N5O4.C30H42ClN5O3/c1-4-8-29(38)32(25-9-6-5-7-10-25)16-19-37(20-17-32)30(39)28(21-24-11-13-27(41-3)14-12-24)35-31(40)34-18-15-26-22-33-23-36(26)2;1-2-6-27(37)30(23-7-4-3-5-8-23)14-17-36(18-15-30)28(38)26(19-22-9-11-24(31)12-10-22)35-29(39)33-16-13-25-20-32-21-34-25/h11-14,22-23,25,28H,4-10,15-21H2,1-3H3,(H2,34,35,40);9-12,20-21,23,26H,2-8,13-19H2,1H3,(H,32,34)(H2,33,35,39)/t28-;26-/m11/s1. The van der Waals surface area contributed by atoms with Crippen molar-refractivity contribution in [3.05, 3.63) is 101 Å². The van der Waals surface area contributed by atoms with Crippen LogP contribution in [-0.4, -0.2) is 123 Å². The average Bonchev–Trinajstić information content (AvgIpc) is 4.25. The molecule has 18 heteroatoms. The number of aryl methyl sites for hydroxylation is 1. The van der Waals surface area contributed by atoms with Crippen LogP contribution in [0.15, 0.2) is 73.6 Å². The van der Waals surface area contributed by atoms with E-state index < -0.39 is 12.1 Å². The van der Waals surface area contributed by atoms with Crippen molar-refractivity contribution >= 4 is 47.0 Å². The van der Waals surface area contributed by atoms with Crippen molar-refractivity contribution in [2.24, 2.45) is 29.7 Å². The van der Waals surface area contributed by atoms with E-state index in [1.165, 1.54) is 38.5 Å². The van der Waals surface area contributed by atoms with E-state index in [0.717, 1.165) is 66.8 Å². The zero-order valence-corrected chi connectivity index (χ0v) is 48.8. The Labute approximate surface area is 479 Å². The first-order chi connectivity index (χ1) is 38.8. The molecule has 2 aliphatic carbocycles. The summed E-state index contributed by atoms with van der Waals surface area (Å²) >= 11 is 6.07. The number of ketones is 2. The quantitative estimate of drug-likeness (QED) is 0.0478. The van der Waals surface area contributed by atoms with Crippen LogP contribution in [0, 0.1) is 22.7 Å². The minimum absolute atomic E-state index is 0.0946. The lowest BCUT2D eigenvalue weighted by Gasteiger charge is -2.47. The van der Waals surface area contributed by atoms with Gasteiger partial charge >= 0.3 is 12.1 Å². The Hall–Kier alpha value is -6.23. The second-order valence-corrected chi connectivity index (χ2v) is 23.3. The number of carbonyl (C=O) groups is 6. The number of nitrogens with zero attached hydrogens (tertiary/aromatic N) is 5. The smallest absolute Gasteiger partial charge is 0.315 e. The summed E-state index contributed by atoms with van der Waals surface area (Å²) in [5, 5.41) is 12.2. The number of aromatic amines is 1. The van der Waals surface area contributed by atoms with Crippen molar-refractivity contribution in [3.63, 3.8) is 0 Å². The molecule has 8 rings (SSSR count). The van der Waals surface area contributed by atoms with E-state index in [1.54, 1.807) is 44.3 Å². The van der Waals surface area contributed by atoms with Gasteiger partial charge in [-0.1, -0.05) is 88.2 Å². The average molecular weight is 1120 g/mol. The lowest BCUT2D eigenvalue weighted by Crippen LogP contribution is -2.56. The van der Waals surface area contributed by atoms with Gasteiger partial charge in [0.2, 0.25) is 11.8 Å². The molecule has 80 heavy (non-hydrogen) atoms. The van der Waals surface area contributed by atoms with Gasteiger partial charge < -0.3 is 45.4 Å². The Morgan fingerprint density at radius 1 is 0.675 bits per heavy atom. The minimum atomic E-state index is -0.718. The number of hydrogen-bond acceptors (Lipinski definition) is 9. The van der Waals surface area contributed by atoms with Crippen molar-refractivity contribution in [1.82, 2.24) is 50.6 Å². The molecule has 4 aromatic rings. The van der Waals surface area contributed by atoms with E-state index in [1.807, 2.05) is 57.8 Å². The van der Waals surface area contributed by atoms with Crippen LogP contribution in [0.4, 0.5) is 9.59 Å². The van der Waals surface area contributed by atoms with Crippen LogP contribution in [0.25, 0.3) is 0 Å². The molecule has 4 fully saturated rings. The molecule has 0 spiro atoms. The number of Topliss-reactive ketones (excluding diaryl/α,β-unsaturated/α-hetero) is 2. The predicted octanol–water partition coefficient (Wildman–Crippen LogP) is 9.51. The lowest BCUT2D eigenvalue weighted by molar-refractivity contribution is -0.144. The SMILES string of the molecule is CCCC(=O)C1(C2CCCCC2)CCN(C(=O)[C@@H](Cc2ccc(Cl)cc2)NC(=O)NCCc2c[nH]cn2)CC1.CCCC(=O)C1(C2CCCCC2)CCN(C(=O)[C@@H](Cc2ccc(OC)cc2)NC(=O)NCCc2cncn2C)CC1. The van der Waals surface area contributed by atoms with E-state index in [4.69, 9.17) is 16.3 Å². The summed E-state index contributed by atoms with van der Waals surface area (Å²) in [5.74, 6) is 2.16. The number of hydrogen-bond donors (Lipinski definition) is 5. The van der Waals surface area contributed by atoms with Gasteiger partial charge in [0.25, 0.3) is 0 Å². The van der Waals surface area contributed by atoms with Crippen LogP contribution in [0.5, 0.6) is 5.75 Å². The highest BCUT2D eigenvalue weighted by Crippen LogP contribution is 2.49. The fourth-order valence-corrected chi connectivity index (χ4v) is 13.2. The highest BCUT2D eigenvalue weighted by Gasteiger charge is 2.49. The number of carbonyl (C=O) groups excluding carboxylic acids is 6. The number of methoxy groups -OCH3 is 1. The normalized spacial score (nSPS) is 18.2. The molecular weight excluding hydrogens is 1030 g/mol. The first-order valence-corrected chi connectivity index (χ1v) is 30.2. The summed E-state index contributed by atoms with van der Waals surface area (Å²) in [6.45, 7) is 7.17. The number of urea groups is 2.